The van der Waals surface area contributed by atoms with Gasteiger partial charge in [-0.25, -0.2) is 0 Å². The minimum absolute atomic E-state index is 0.282. The maximum absolute atomic E-state index is 12.3. The first-order valence-corrected chi connectivity index (χ1v) is 7.32. The molecule has 0 radical (unpaired) electrons. The van der Waals surface area contributed by atoms with Crippen molar-refractivity contribution < 1.29 is 4.79 Å². The van der Waals surface area contributed by atoms with Crippen LogP contribution in [0.1, 0.15) is 53.4 Å². The van der Waals surface area contributed by atoms with E-state index in [9.17, 15) is 4.79 Å². The number of rotatable bonds is 5. The zero-order valence-corrected chi connectivity index (χ0v) is 12.5. The summed E-state index contributed by atoms with van der Waals surface area (Å²) in [4.78, 5) is 14.4. The summed E-state index contributed by atoms with van der Waals surface area (Å²) in [7, 11) is 0. The molecule has 3 heteroatoms. The number of carbonyl (C=O) groups excluding carboxylic acids is 1. The molecule has 18 heavy (non-hydrogen) atoms. The van der Waals surface area contributed by atoms with E-state index >= 15 is 0 Å². The largest absolute Gasteiger partial charge is 0.342 e. The highest BCUT2D eigenvalue weighted by atomic mass is 16.2. The first kappa shape index (κ1) is 15.5. The van der Waals surface area contributed by atoms with E-state index < -0.39 is 0 Å². The molecule has 1 unspecified atom stereocenters. The predicted octanol–water partition coefficient (Wildman–Crippen LogP) is 2.65. The lowest BCUT2D eigenvalue weighted by Crippen LogP contribution is -2.44. The third kappa shape index (κ3) is 4.97. The minimum atomic E-state index is 0.282. The average Bonchev–Trinajstić information content (AvgIpc) is 2.26. The van der Waals surface area contributed by atoms with Gasteiger partial charge in [-0.3, -0.25) is 4.79 Å². The summed E-state index contributed by atoms with van der Waals surface area (Å²) in [5.41, 5.74) is 6.06. The third-order valence-electron chi connectivity index (χ3n) is 3.85. The van der Waals surface area contributed by atoms with Crippen molar-refractivity contribution in [2.45, 2.75) is 53.4 Å². The molecule has 0 saturated carbocycles. The fraction of sp³-hybridized carbons (Fsp3) is 0.933. The van der Waals surface area contributed by atoms with Crippen LogP contribution >= 0.6 is 0 Å². The summed E-state index contributed by atoms with van der Waals surface area (Å²) in [5, 5.41) is 0. The van der Waals surface area contributed by atoms with Gasteiger partial charge in [0.25, 0.3) is 0 Å². The van der Waals surface area contributed by atoms with Crippen LogP contribution in [0.15, 0.2) is 0 Å². The lowest BCUT2D eigenvalue weighted by molar-refractivity contribution is -0.135. The van der Waals surface area contributed by atoms with E-state index in [2.05, 4.69) is 27.7 Å². The lowest BCUT2D eigenvalue weighted by Gasteiger charge is -2.38. The average molecular weight is 254 g/mol. The quantitative estimate of drug-likeness (QED) is 0.820. The second-order valence-corrected chi connectivity index (χ2v) is 7.02. The SMILES string of the molecule is CC(C)CC(CN)CC(=O)N1CCCC(C)(C)C1. The molecule has 2 N–H and O–H groups in total. The topological polar surface area (TPSA) is 46.3 Å². The van der Waals surface area contributed by atoms with Gasteiger partial charge in [0, 0.05) is 19.5 Å². The summed E-state index contributed by atoms with van der Waals surface area (Å²) in [6.45, 7) is 11.4. The van der Waals surface area contributed by atoms with Crippen molar-refractivity contribution in [3.05, 3.63) is 0 Å². The van der Waals surface area contributed by atoms with Crippen molar-refractivity contribution in [3.63, 3.8) is 0 Å². The molecule has 1 fully saturated rings. The van der Waals surface area contributed by atoms with Gasteiger partial charge in [0.15, 0.2) is 0 Å². The van der Waals surface area contributed by atoms with Crippen LogP contribution in [0, 0.1) is 17.3 Å². The number of nitrogens with zero attached hydrogens (tertiary/aromatic N) is 1. The number of nitrogens with two attached hydrogens (primary N) is 1. The van der Waals surface area contributed by atoms with Gasteiger partial charge < -0.3 is 10.6 Å². The Morgan fingerprint density at radius 3 is 2.56 bits per heavy atom. The third-order valence-corrected chi connectivity index (χ3v) is 3.85. The fourth-order valence-electron chi connectivity index (χ4n) is 2.94. The number of hydrogen-bond donors (Lipinski definition) is 1. The van der Waals surface area contributed by atoms with Gasteiger partial charge in [-0.15, -0.1) is 0 Å². The molecule has 3 nitrogen and oxygen atoms in total. The van der Waals surface area contributed by atoms with E-state index in [-0.39, 0.29) is 5.41 Å². The Kier molecular flexibility index (Phi) is 5.64. The normalized spacial score (nSPS) is 21.1. The van der Waals surface area contributed by atoms with Gasteiger partial charge in [-0.1, -0.05) is 27.7 Å². The van der Waals surface area contributed by atoms with Crippen LogP contribution in [0.25, 0.3) is 0 Å². The van der Waals surface area contributed by atoms with Gasteiger partial charge in [0.05, 0.1) is 0 Å². The molecule has 1 atom stereocenters. The minimum Gasteiger partial charge on any atom is -0.342 e. The summed E-state index contributed by atoms with van der Waals surface area (Å²) in [6.07, 6.45) is 4.05. The maximum atomic E-state index is 12.3. The molecule has 0 spiro atoms. The zero-order valence-electron chi connectivity index (χ0n) is 12.5. The monoisotopic (exact) mass is 254 g/mol. The Morgan fingerprint density at radius 2 is 2.06 bits per heavy atom. The van der Waals surface area contributed by atoms with Crippen molar-refractivity contribution >= 4 is 5.91 Å². The van der Waals surface area contributed by atoms with Gasteiger partial charge in [0.1, 0.15) is 0 Å². The summed E-state index contributed by atoms with van der Waals surface area (Å²) >= 11 is 0. The molecule has 0 aliphatic carbocycles. The molecule has 0 bridgehead atoms. The summed E-state index contributed by atoms with van der Waals surface area (Å²) in [5.74, 6) is 1.27. The van der Waals surface area contributed by atoms with Crippen LogP contribution < -0.4 is 5.73 Å². The van der Waals surface area contributed by atoms with E-state index in [1.807, 2.05) is 4.90 Å². The Morgan fingerprint density at radius 1 is 1.39 bits per heavy atom. The highest BCUT2D eigenvalue weighted by molar-refractivity contribution is 5.76. The standard InChI is InChI=1S/C15H30N2O/c1-12(2)8-13(10-16)9-14(18)17-7-5-6-15(3,4)11-17/h12-13H,5-11,16H2,1-4H3. The first-order valence-electron chi connectivity index (χ1n) is 7.32. The number of likely N-dealkylation sites (tertiary alicyclic amines) is 1. The first-order chi connectivity index (χ1) is 8.34. The molecular formula is C15H30N2O. The Hall–Kier alpha value is -0.570. The molecule has 1 rings (SSSR count). The van der Waals surface area contributed by atoms with E-state index in [1.54, 1.807) is 0 Å². The summed E-state index contributed by atoms with van der Waals surface area (Å²) in [6, 6.07) is 0. The van der Waals surface area contributed by atoms with Crippen molar-refractivity contribution in [1.82, 2.24) is 4.90 Å². The summed E-state index contributed by atoms with van der Waals surface area (Å²) < 4.78 is 0. The van der Waals surface area contributed by atoms with Crippen LogP contribution in [0.3, 0.4) is 0 Å². The van der Waals surface area contributed by atoms with Crippen LogP contribution in [0.2, 0.25) is 0 Å². The van der Waals surface area contributed by atoms with Gasteiger partial charge in [0.2, 0.25) is 5.91 Å². The van der Waals surface area contributed by atoms with Crippen LogP contribution in [0.5, 0.6) is 0 Å². The maximum Gasteiger partial charge on any atom is 0.222 e. The van der Waals surface area contributed by atoms with Crippen molar-refractivity contribution in [3.8, 4) is 0 Å². The van der Waals surface area contributed by atoms with Gasteiger partial charge in [-0.2, -0.15) is 0 Å². The van der Waals surface area contributed by atoms with Crippen LogP contribution in [-0.2, 0) is 4.79 Å². The second-order valence-electron chi connectivity index (χ2n) is 7.02. The second kappa shape index (κ2) is 6.55. The van der Waals surface area contributed by atoms with Crippen molar-refractivity contribution in [2.24, 2.45) is 23.0 Å². The lowest BCUT2D eigenvalue weighted by atomic mass is 9.83. The van der Waals surface area contributed by atoms with E-state index in [4.69, 9.17) is 5.73 Å². The Bertz CT molecular complexity index is 274. The van der Waals surface area contributed by atoms with Gasteiger partial charge >= 0.3 is 0 Å². The Labute approximate surface area is 112 Å². The molecule has 1 saturated heterocycles. The number of piperidine rings is 1. The predicted molar refractivity (Wildman–Crippen MR) is 76.2 cm³/mol. The van der Waals surface area contributed by atoms with Gasteiger partial charge in [-0.05, 0) is 43.1 Å². The molecule has 0 aromatic carbocycles. The molecular weight excluding hydrogens is 224 g/mol. The molecule has 0 aromatic heterocycles. The molecule has 1 aliphatic heterocycles. The van der Waals surface area contributed by atoms with Crippen molar-refractivity contribution in [2.75, 3.05) is 19.6 Å². The van der Waals surface area contributed by atoms with Crippen molar-refractivity contribution in [1.29, 1.82) is 0 Å². The molecule has 106 valence electrons. The highest BCUT2D eigenvalue weighted by Gasteiger charge is 2.29. The molecule has 1 heterocycles. The zero-order chi connectivity index (χ0) is 13.8. The van der Waals surface area contributed by atoms with E-state index in [0.717, 1.165) is 25.9 Å². The fourth-order valence-corrected chi connectivity index (χ4v) is 2.94. The number of carbonyl (C=O) groups is 1. The van der Waals surface area contributed by atoms with E-state index in [0.29, 0.717) is 30.7 Å². The molecule has 1 amide bonds. The van der Waals surface area contributed by atoms with Crippen LogP contribution in [0.4, 0.5) is 0 Å². The smallest absolute Gasteiger partial charge is 0.222 e. The molecule has 0 aromatic rings. The Balaban J connectivity index is 2.48. The molecule has 1 aliphatic rings. The number of hydrogen-bond acceptors (Lipinski definition) is 2. The number of amides is 1. The van der Waals surface area contributed by atoms with E-state index in [1.165, 1.54) is 6.42 Å². The highest BCUT2D eigenvalue weighted by Crippen LogP contribution is 2.29. The van der Waals surface area contributed by atoms with Crippen LogP contribution in [-0.4, -0.2) is 30.4 Å².